The average Bonchev–Trinajstić information content (AvgIpc) is 3.36. The molecule has 0 spiro atoms. The van der Waals surface area contributed by atoms with Gasteiger partial charge in [-0.1, -0.05) is 60.7 Å². The van der Waals surface area contributed by atoms with Crippen molar-refractivity contribution in [2.24, 2.45) is 0 Å². The molecule has 8 heteroatoms. The van der Waals surface area contributed by atoms with Crippen LogP contribution < -0.4 is 4.31 Å². The number of aryl methyl sites for hydroxylation is 1. The molecule has 0 radical (unpaired) electrons. The molecule has 0 amide bonds. The van der Waals surface area contributed by atoms with E-state index in [2.05, 4.69) is 12.1 Å². The first kappa shape index (κ1) is 29.1. The number of nitrogens with zero attached hydrogens (tertiary/aromatic N) is 1. The molecule has 0 saturated carbocycles. The highest BCUT2D eigenvalue weighted by Gasteiger charge is 2.28. The van der Waals surface area contributed by atoms with Crippen molar-refractivity contribution in [1.82, 2.24) is 0 Å². The number of hydrogen-bond acceptors (Lipinski definition) is 5. The third-order valence-electron chi connectivity index (χ3n) is 7.07. The second kappa shape index (κ2) is 12.6. The Bertz CT molecular complexity index is 1780. The highest BCUT2D eigenvalue weighted by molar-refractivity contribution is 7.92. The third-order valence-corrected chi connectivity index (χ3v) is 8.25. The number of carbonyl (C=O) groups is 1. The van der Waals surface area contributed by atoms with Gasteiger partial charge in [-0.3, -0.25) is 4.31 Å². The van der Waals surface area contributed by atoms with E-state index in [-0.39, 0.29) is 24.5 Å². The van der Waals surface area contributed by atoms with Crippen LogP contribution in [0.4, 0.5) is 10.1 Å². The van der Waals surface area contributed by atoms with Gasteiger partial charge in [0.25, 0.3) is 0 Å². The zero-order valence-electron chi connectivity index (χ0n) is 23.5. The van der Waals surface area contributed by atoms with Crippen LogP contribution >= 0.6 is 0 Å². The first-order valence-corrected chi connectivity index (χ1v) is 15.7. The third kappa shape index (κ3) is 6.39. The molecule has 0 atom stereocenters. The number of sulfonamides is 1. The molecule has 216 valence electrons. The lowest BCUT2D eigenvalue weighted by Crippen LogP contribution is -2.31. The fourth-order valence-corrected chi connectivity index (χ4v) is 6.06. The van der Waals surface area contributed by atoms with Gasteiger partial charge in [0.2, 0.25) is 10.0 Å². The number of rotatable bonds is 11. The maximum absolute atomic E-state index is 13.7. The van der Waals surface area contributed by atoms with Crippen molar-refractivity contribution in [2.75, 3.05) is 23.7 Å². The molecule has 0 N–H and O–H groups in total. The van der Waals surface area contributed by atoms with Crippen LogP contribution in [0.1, 0.15) is 35.7 Å². The van der Waals surface area contributed by atoms with Gasteiger partial charge in [0.05, 0.1) is 18.6 Å². The van der Waals surface area contributed by atoms with E-state index in [0.717, 1.165) is 18.4 Å². The topological polar surface area (TPSA) is 76.8 Å². The predicted molar refractivity (Wildman–Crippen MR) is 165 cm³/mol. The monoisotopic (exact) mass is 585 g/mol. The van der Waals surface area contributed by atoms with Gasteiger partial charge in [0.1, 0.15) is 22.7 Å². The van der Waals surface area contributed by atoms with E-state index in [1.807, 2.05) is 48.5 Å². The number of fused-ring (bicyclic) bond motifs is 1. The van der Waals surface area contributed by atoms with Gasteiger partial charge in [-0.15, -0.1) is 0 Å². The van der Waals surface area contributed by atoms with Crippen LogP contribution in [0.5, 0.6) is 0 Å². The van der Waals surface area contributed by atoms with Crippen molar-refractivity contribution in [3.05, 3.63) is 114 Å². The van der Waals surface area contributed by atoms with Crippen LogP contribution in [-0.2, 0) is 21.2 Å². The zero-order valence-corrected chi connectivity index (χ0v) is 24.4. The van der Waals surface area contributed by atoms with Crippen LogP contribution in [0, 0.1) is 5.82 Å². The molecule has 5 rings (SSSR count). The van der Waals surface area contributed by atoms with Crippen LogP contribution in [-0.4, -0.2) is 33.8 Å². The fourth-order valence-electron chi connectivity index (χ4n) is 5.09. The summed E-state index contributed by atoms with van der Waals surface area (Å²) >= 11 is 0. The van der Waals surface area contributed by atoms with Gasteiger partial charge in [0, 0.05) is 29.1 Å². The smallest absolute Gasteiger partial charge is 0.342 e. The van der Waals surface area contributed by atoms with Crippen molar-refractivity contribution in [1.29, 1.82) is 0 Å². The minimum Gasteiger partial charge on any atom is -0.462 e. The molecule has 0 saturated heterocycles. The summed E-state index contributed by atoms with van der Waals surface area (Å²) in [5.74, 6) is -0.770. The molecule has 5 aromatic rings. The van der Waals surface area contributed by atoms with Crippen LogP contribution in [0.2, 0.25) is 0 Å². The molecule has 0 aliphatic rings. The van der Waals surface area contributed by atoms with Crippen molar-refractivity contribution < 1.29 is 26.8 Å². The van der Waals surface area contributed by atoms with Gasteiger partial charge in [-0.05, 0) is 67.6 Å². The van der Waals surface area contributed by atoms with E-state index < -0.39 is 21.8 Å². The first-order valence-electron chi connectivity index (χ1n) is 13.9. The molecule has 0 aliphatic carbocycles. The number of carbonyl (C=O) groups excluding carboxylic acids is 1. The summed E-state index contributed by atoms with van der Waals surface area (Å²) in [7, 11) is -3.69. The standard InChI is InChI=1S/C34H32FNO5S/c1-3-40-34(37)32-29-22-28(25-15-8-5-9-16-25)30(23-31(29)41-33(32)26-17-19-27(35)20-18-26)36(42(2,38)39)21-11-10-14-24-12-6-4-7-13-24/h4-9,12-13,15-20,22-23H,3,10-11,14,21H2,1-2H3. The maximum Gasteiger partial charge on any atom is 0.342 e. The molecular formula is C34H32FNO5S. The molecule has 1 heterocycles. The largest absolute Gasteiger partial charge is 0.462 e. The number of unbranched alkanes of at least 4 members (excludes halogenated alkanes) is 1. The summed E-state index contributed by atoms with van der Waals surface area (Å²) in [6.07, 6.45) is 3.48. The molecule has 0 bridgehead atoms. The summed E-state index contributed by atoms with van der Waals surface area (Å²) in [4.78, 5) is 13.2. The molecule has 0 aliphatic heterocycles. The maximum atomic E-state index is 13.7. The van der Waals surface area contributed by atoms with Crippen molar-refractivity contribution in [2.45, 2.75) is 26.2 Å². The Morgan fingerprint density at radius 2 is 1.55 bits per heavy atom. The number of esters is 1. The first-order chi connectivity index (χ1) is 20.3. The number of hydrogen-bond donors (Lipinski definition) is 0. The van der Waals surface area contributed by atoms with Crippen LogP contribution in [0.3, 0.4) is 0 Å². The van der Waals surface area contributed by atoms with E-state index in [1.165, 1.54) is 40.4 Å². The Hall–Kier alpha value is -4.43. The van der Waals surface area contributed by atoms with Gasteiger partial charge in [-0.2, -0.15) is 0 Å². The summed E-state index contributed by atoms with van der Waals surface area (Å²) in [6.45, 7) is 2.14. The fraction of sp³-hybridized carbons (Fsp3) is 0.206. The highest BCUT2D eigenvalue weighted by atomic mass is 32.2. The van der Waals surface area contributed by atoms with Gasteiger partial charge >= 0.3 is 5.97 Å². The lowest BCUT2D eigenvalue weighted by atomic mass is 9.98. The second-order valence-electron chi connectivity index (χ2n) is 10.0. The van der Waals surface area contributed by atoms with E-state index in [0.29, 0.717) is 34.2 Å². The number of ether oxygens (including phenoxy) is 1. The Kier molecular flexibility index (Phi) is 8.73. The summed E-state index contributed by atoms with van der Waals surface area (Å²) in [6, 6.07) is 28.6. The van der Waals surface area contributed by atoms with E-state index in [9.17, 15) is 17.6 Å². The van der Waals surface area contributed by atoms with Crippen LogP contribution in [0.25, 0.3) is 33.4 Å². The molecule has 4 aromatic carbocycles. The quantitative estimate of drug-likeness (QED) is 0.116. The number of benzene rings is 4. The van der Waals surface area contributed by atoms with E-state index >= 15 is 0 Å². The number of furan rings is 1. The van der Waals surface area contributed by atoms with Crippen LogP contribution in [0.15, 0.2) is 101 Å². The average molecular weight is 586 g/mol. The van der Waals surface area contributed by atoms with E-state index in [4.69, 9.17) is 9.15 Å². The normalized spacial score (nSPS) is 11.5. The highest BCUT2D eigenvalue weighted by Crippen LogP contribution is 2.42. The Morgan fingerprint density at radius 1 is 0.881 bits per heavy atom. The predicted octanol–water partition coefficient (Wildman–Crippen LogP) is 7.87. The minimum absolute atomic E-state index is 0.156. The zero-order chi connectivity index (χ0) is 29.7. The summed E-state index contributed by atoms with van der Waals surface area (Å²) < 4.78 is 53.2. The number of anilines is 1. The molecule has 0 fully saturated rings. The molecule has 0 unspecified atom stereocenters. The second-order valence-corrected chi connectivity index (χ2v) is 11.9. The SMILES string of the molecule is CCOC(=O)c1c(-c2ccc(F)cc2)oc2cc(N(CCCCc3ccccc3)S(C)(=O)=O)c(-c3ccccc3)cc12. The summed E-state index contributed by atoms with van der Waals surface area (Å²) in [5, 5.41) is 0.480. The lowest BCUT2D eigenvalue weighted by Gasteiger charge is -2.25. The van der Waals surface area contributed by atoms with Gasteiger partial charge in [0.15, 0.2) is 0 Å². The van der Waals surface area contributed by atoms with Crippen molar-refractivity contribution >= 4 is 32.6 Å². The number of halogens is 1. The van der Waals surface area contributed by atoms with Crippen molar-refractivity contribution in [3.8, 4) is 22.5 Å². The molecule has 42 heavy (non-hydrogen) atoms. The van der Waals surface area contributed by atoms with Gasteiger partial charge < -0.3 is 9.15 Å². The Labute approximate surface area is 245 Å². The van der Waals surface area contributed by atoms with Crippen molar-refractivity contribution in [3.63, 3.8) is 0 Å². The minimum atomic E-state index is -3.69. The van der Waals surface area contributed by atoms with Gasteiger partial charge in [-0.25, -0.2) is 17.6 Å². The molecule has 1 aromatic heterocycles. The lowest BCUT2D eigenvalue weighted by molar-refractivity contribution is 0.0528. The molecule has 6 nitrogen and oxygen atoms in total. The Balaban J connectivity index is 1.64. The van der Waals surface area contributed by atoms with E-state index in [1.54, 1.807) is 19.1 Å². The Morgan fingerprint density at radius 3 is 2.19 bits per heavy atom. The summed E-state index contributed by atoms with van der Waals surface area (Å²) in [5.41, 5.74) is 4.09. The molecular weight excluding hydrogens is 553 g/mol.